The Labute approximate surface area is 128 Å². The highest BCUT2D eigenvalue weighted by Gasteiger charge is 2.22. The van der Waals surface area contributed by atoms with Crippen LogP contribution in [0, 0.1) is 6.92 Å². The minimum Gasteiger partial charge on any atom is -0.360 e. The largest absolute Gasteiger partial charge is 0.360 e. The first-order valence-corrected chi connectivity index (χ1v) is 7.31. The van der Waals surface area contributed by atoms with Gasteiger partial charge in [-0.2, -0.15) is 0 Å². The molecule has 0 saturated carbocycles. The van der Waals surface area contributed by atoms with Gasteiger partial charge in [0.05, 0.1) is 24.1 Å². The average molecular weight is 301 g/mol. The van der Waals surface area contributed by atoms with Crippen molar-refractivity contribution in [1.82, 2.24) is 19.9 Å². The van der Waals surface area contributed by atoms with Crippen LogP contribution in [0.2, 0.25) is 0 Å². The Morgan fingerprint density at radius 3 is 2.82 bits per heavy atom. The third-order valence-corrected chi connectivity index (χ3v) is 3.63. The number of anilines is 1. The van der Waals surface area contributed by atoms with Crippen molar-refractivity contribution in [3.63, 3.8) is 0 Å². The van der Waals surface area contributed by atoms with Crippen LogP contribution in [-0.2, 0) is 6.54 Å². The van der Waals surface area contributed by atoms with E-state index in [2.05, 4.69) is 20.4 Å². The Bertz CT molecular complexity index is 620. The molecule has 1 aliphatic heterocycles. The van der Waals surface area contributed by atoms with Crippen LogP contribution in [0.25, 0.3) is 0 Å². The monoisotopic (exact) mass is 301 g/mol. The number of carbonyl (C=O) groups excluding carboxylic acids is 1. The summed E-state index contributed by atoms with van der Waals surface area (Å²) in [5, 5.41) is 6.75. The summed E-state index contributed by atoms with van der Waals surface area (Å²) in [5.41, 5.74) is 1.61. The number of nitrogens with one attached hydrogen (secondary N) is 1. The number of carbonyl (C=O) groups is 1. The predicted molar refractivity (Wildman–Crippen MR) is 81.3 cm³/mol. The van der Waals surface area contributed by atoms with Crippen LogP contribution < -0.4 is 5.32 Å². The highest BCUT2D eigenvalue weighted by Crippen LogP contribution is 2.11. The molecule has 1 N–H and O–H groups in total. The minimum absolute atomic E-state index is 0.0804. The standard InChI is InChI=1S/C15H19N5O2/c1-12-9-14(22-18-12)11-19-5-7-20(8-6-19)15(21)17-13-3-2-4-16-10-13/h2-4,9-10H,5-8,11H2,1H3,(H,17,21). The molecule has 2 aromatic heterocycles. The van der Waals surface area contributed by atoms with Crippen molar-refractivity contribution >= 4 is 11.7 Å². The number of piperazine rings is 1. The van der Waals surface area contributed by atoms with Gasteiger partial charge in [0.25, 0.3) is 0 Å². The maximum atomic E-state index is 12.2. The van der Waals surface area contributed by atoms with Crippen molar-refractivity contribution in [1.29, 1.82) is 0 Å². The fourth-order valence-electron chi connectivity index (χ4n) is 2.46. The molecule has 0 spiro atoms. The Hall–Kier alpha value is -2.41. The van der Waals surface area contributed by atoms with Crippen molar-refractivity contribution in [3.8, 4) is 0 Å². The predicted octanol–water partition coefficient (Wildman–Crippen LogP) is 1.73. The Kier molecular flexibility index (Phi) is 4.34. The zero-order valence-corrected chi connectivity index (χ0v) is 12.5. The van der Waals surface area contributed by atoms with Gasteiger partial charge in [-0.15, -0.1) is 0 Å². The number of aromatic nitrogens is 2. The van der Waals surface area contributed by atoms with Gasteiger partial charge in [-0.05, 0) is 19.1 Å². The lowest BCUT2D eigenvalue weighted by Crippen LogP contribution is -2.49. The number of rotatable bonds is 3. The van der Waals surface area contributed by atoms with E-state index in [1.54, 1.807) is 18.5 Å². The number of hydrogen-bond donors (Lipinski definition) is 1. The second kappa shape index (κ2) is 6.57. The van der Waals surface area contributed by atoms with Gasteiger partial charge in [0.2, 0.25) is 0 Å². The molecule has 1 saturated heterocycles. The van der Waals surface area contributed by atoms with E-state index in [1.165, 1.54) is 0 Å². The van der Waals surface area contributed by atoms with E-state index in [0.717, 1.165) is 31.1 Å². The summed E-state index contributed by atoms with van der Waals surface area (Å²) < 4.78 is 5.23. The van der Waals surface area contributed by atoms with Crippen molar-refractivity contribution in [3.05, 3.63) is 42.0 Å². The van der Waals surface area contributed by atoms with Gasteiger partial charge in [0.15, 0.2) is 5.76 Å². The summed E-state index contributed by atoms with van der Waals surface area (Å²) in [4.78, 5) is 20.2. The van der Waals surface area contributed by atoms with Crippen LogP contribution in [0.3, 0.4) is 0 Å². The number of pyridine rings is 1. The van der Waals surface area contributed by atoms with Crippen LogP contribution in [0.1, 0.15) is 11.5 Å². The Balaban J connectivity index is 1.48. The molecule has 0 unspecified atom stereocenters. The van der Waals surface area contributed by atoms with Crippen molar-refractivity contribution in [2.24, 2.45) is 0 Å². The van der Waals surface area contributed by atoms with Crippen LogP contribution in [-0.4, -0.2) is 52.2 Å². The molecule has 1 fully saturated rings. The molecule has 1 aliphatic rings. The zero-order chi connectivity index (χ0) is 15.4. The molecule has 2 amide bonds. The first-order chi connectivity index (χ1) is 10.7. The van der Waals surface area contributed by atoms with Crippen LogP contribution in [0.5, 0.6) is 0 Å². The molecule has 2 aromatic rings. The molecule has 7 nitrogen and oxygen atoms in total. The number of hydrogen-bond acceptors (Lipinski definition) is 5. The summed E-state index contributed by atoms with van der Waals surface area (Å²) >= 11 is 0. The molecule has 116 valence electrons. The van der Waals surface area contributed by atoms with Gasteiger partial charge >= 0.3 is 6.03 Å². The van der Waals surface area contributed by atoms with Crippen LogP contribution in [0.4, 0.5) is 10.5 Å². The third-order valence-electron chi connectivity index (χ3n) is 3.63. The lowest BCUT2D eigenvalue weighted by atomic mass is 10.3. The molecule has 0 atom stereocenters. The van der Waals surface area contributed by atoms with Crippen LogP contribution >= 0.6 is 0 Å². The summed E-state index contributed by atoms with van der Waals surface area (Å²) in [6.45, 7) is 5.67. The molecule has 3 heterocycles. The molecule has 0 aromatic carbocycles. The molecule has 3 rings (SSSR count). The normalized spacial score (nSPS) is 15.8. The van der Waals surface area contributed by atoms with Gasteiger partial charge in [-0.1, -0.05) is 5.16 Å². The first-order valence-electron chi connectivity index (χ1n) is 7.31. The quantitative estimate of drug-likeness (QED) is 0.934. The van der Waals surface area contributed by atoms with E-state index in [0.29, 0.717) is 18.8 Å². The number of aryl methyl sites for hydroxylation is 1. The van der Waals surface area contributed by atoms with Crippen molar-refractivity contribution in [2.45, 2.75) is 13.5 Å². The van der Waals surface area contributed by atoms with Crippen molar-refractivity contribution in [2.75, 3.05) is 31.5 Å². The molecular weight excluding hydrogens is 282 g/mol. The molecule has 0 aliphatic carbocycles. The molecule has 7 heteroatoms. The lowest BCUT2D eigenvalue weighted by molar-refractivity contribution is 0.134. The van der Waals surface area contributed by atoms with E-state index in [-0.39, 0.29) is 6.03 Å². The van der Waals surface area contributed by atoms with Gasteiger partial charge in [-0.25, -0.2) is 4.79 Å². The van der Waals surface area contributed by atoms with E-state index >= 15 is 0 Å². The maximum absolute atomic E-state index is 12.2. The SMILES string of the molecule is Cc1cc(CN2CCN(C(=O)Nc3cccnc3)CC2)on1. The van der Waals surface area contributed by atoms with Gasteiger partial charge in [0, 0.05) is 38.4 Å². The van der Waals surface area contributed by atoms with Gasteiger partial charge < -0.3 is 14.7 Å². The zero-order valence-electron chi connectivity index (χ0n) is 12.5. The molecule has 0 radical (unpaired) electrons. The summed E-state index contributed by atoms with van der Waals surface area (Å²) in [6, 6.07) is 5.49. The number of urea groups is 1. The summed E-state index contributed by atoms with van der Waals surface area (Å²) in [7, 11) is 0. The summed E-state index contributed by atoms with van der Waals surface area (Å²) in [5.74, 6) is 0.866. The Morgan fingerprint density at radius 2 is 2.18 bits per heavy atom. The fraction of sp³-hybridized carbons (Fsp3) is 0.400. The van der Waals surface area contributed by atoms with E-state index in [9.17, 15) is 4.79 Å². The second-order valence-corrected chi connectivity index (χ2v) is 5.37. The van der Waals surface area contributed by atoms with E-state index < -0.39 is 0 Å². The minimum atomic E-state index is -0.0804. The smallest absolute Gasteiger partial charge is 0.321 e. The van der Waals surface area contributed by atoms with Gasteiger partial charge in [-0.3, -0.25) is 9.88 Å². The Morgan fingerprint density at radius 1 is 1.36 bits per heavy atom. The molecule has 22 heavy (non-hydrogen) atoms. The molecular formula is C15H19N5O2. The average Bonchev–Trinajstić information content (AvgIpc) is 2.94. The highest BCUT2D eigenvalue weighted by molar-refractivity contribution is 5.89. The van der Waals surface area contributed by atoms with E-state index in [4.69, 9.17) is 4.52 Å². The fourth-order valence-corrected chi connectivity index (χ4v) is 2.46. The second-order valence-electron chi connectivity index (χ2n) is 5.37. The van der Waals surface area contributed by atoms with Gasteiger partial charge in [0.1, 0.15) is 0 Å². The topological polar surface area (TPSA) is 74.5 Å². The number of nitrogens with zero attached hydrogens (tertiary/aromatic N) is 4. The molecule has 0 bridgehead atoms. The lowest BCUT2D eigenvalue weighted by Gasteiger charge is -2.34. The number of amides is 2. The highest BCUT2D eigenvalue weighted by atomic mass is 16.5. The van der Waals surface area contributed by atoms with Crippen molar-refractivity contribution < 1.29 is 9.32 Å². The van der Waals surface area contributed by atoms with Crippen LogP contribution in [0.15, 0.2) is 35.1 Å². The third kappa shape index (κ3) is 3.62. The van der Waals surface area contributed by atoms with E-state index in [1.807, 2.05) is 24.0 Å². The first kappa shape index (κ1) is 14.5. The summed E-state index contributed by atoms with van der Waals surface area (Å²) in [6.07, 6.45) is 3.32. The maximum Gasteiger partial charge on any atom is 0.321 e.